The Labute approximate surface area is 133 Å². The molecule has 0 N–H and O–H groups in total. The molecule has 0 bridgehead atoms. The van der Waals surface area contributed by atoms with Gasteiger partial charge in [0, 0.05) is 11.1 Å². The van der Waals surface area contributed by atoms with Crippen LogP contribution >= 0.6 is 0 Å². The van der Waals surface area contributed by atoms with Crippen molar-refractivity contribution >= 4 is 17.4 Å². The van der Waals surface area contributed by atoms with Crippen LogP contribution < -0.4 is 0 Å². The van der Waals surface area contributed by atoms with Crippen molar-refractivity contribution in [2.75, 3.05) is 6.61 Å². The zero-order valence-electron chi connectivity index (χ0n) is 14.8. The van der Waals surface area contributed by atoms with E-state index in [2.05, 4.69) is 33.8 Å². The molecule has 3 nitrogen and oxygen atoms in total. The number of carbonyl (C=O) groups excluding carboxylic acids is 1. The molecule has 0 aliphatic carbocycles. The first kappa shape index (κ1) is 16.7. The molecular weight excluding hydrogens is 274 g/mol. The summed E-state index contributed by atoms with van der Waals surface area (Å²) in [4.78, 5) is 17.3. The Morgan fingerprint density at radius 1 is 1.23 bits per heavy atom. The number of esters is 1. The van der Waals surface area contributed by atoms with Crippen LogP contribution in [0.3, 0.4) is 0 Å². The van der Waals surface area contributed by atoms with Gasteiger partial charge in [-0.2, -0.15) is 0 Å². The molecule has 0 fully saturated rings. The van der Waals surface area contributed by atoms with Crippen molar-refractivity contribution in [1.82, 2.24) is 0 Å². The van der Waals surface area contributed by atoms with E-state index in [1.54, 1.807) is 0 Å². The van der Waals surface area contributed by atoms with Gasteiger partial charge in [0.1, 0.15) is 0 Å². The summed E-state index contributed by atoms with van der Waals surface area (Å²) in [5, 5.41) is 0. The lowest BCUT2D eigenvalue weighted by atomic mass is 9.51. The number of nitrogens with zero attached hydrogens (tertiary/aromatic N) is 1. The van der Waals surface area contributed by atoms with Crippen molar-refractivity contribution in [3.63, 3.8) is 0 Å². The Morgan fingerprint density at radius 3 is 2.41 bits per heavy atom. The minimum atomic E-state index is -0.633. The number of ether oxygens (including phenoxy) is 1. The van der Waals surface area contributed by atoms with Crippen LogP contribution in [0.1, 0.15) is 54.0 Å². The molecule has 3 heteroatoms. The maximum atomic E-state index is 12.6. The van der Waals surface area contributed by atoms with Crippen LogP contribution in [0.2, 0.25) is 0 Å². The fourth-order valence-corrected chi connectivity index (χ4v) is 3.46. The van der Waals surface area contributed by atoms with Gasteiger partial charge in [-0.1, -0.05) is 32.0 Å². The minimum absolute atomic E-state index is 0.154. The van der Waals surface area contributed by atoms with Crippen molar-refractivity contribution in [3.8, 4) is 0 Å². The third kappa shape index (κ3) is 2.02. The van der Waals surface area contributed by atoms with Gasteiger partial charge in [0.2, 0.25) is 0 Å². The first-order valence-corrected chi connectivity index (χ1v) is 7.93. The summed E-state index contributed by atoms with van der Waals surface area (Å²) in [5.74, 6) is -0.154. The summed E-state index contributed by atoms with van der Waals surface area (Å²) in [6.07, 6.45) is 0. The second-order valence-electron chi connectivity index (χ2n) is 7.31. The Hall–Kier alpha value is -1.64. The van der Waals surface area contributed by atoms with Gasteiger partial charge in [0.15, 0.2) is 0 Å². The van der Waals surface area contributed by atoms with E-state index >= 15 is 0 Å². The minimum Gasteiger partial charge on any atom is -0.466 e. The maximum absolute atomic E-state index is 12.6. The summed E-state index contributed by atoms with van der Waals surface area (Å²) in [5.41, 5.74) is 1.96. The highest BCUT2D eigenvalue weighted by molar-refractivity contribution is 6.01. The number of para-hydroxylation sites is 1. The van der Waals surface area contributed by atoms with Crippen LogP contribution in [0.15, 0.2) is 29.3 Å². The molecule has 1 heterocycles. The third-order valence-electron chi connectivity index (χ3n) is 6.05. The number of rotatable bonds is 4. The molecule has 1 unspecified atom stereocenters. The van der Waals surface area contributed by atoms with Gasteiger partial charge in [0.05, 0.1) is 17.7 Å². The van der Waals surface area contributed by atoms with Crippen molar-refractivity contribution in [3.05, 3.63) is 29.8 Å². The van der Waals surface area contributed by atoms with Crippen molar-refractivity contribution in [1.29, 1.82) is 0 Å². The molecule has 120 valence electrons. The topological polar surface area (TPSA) is 38.7 Å². The summed E-state index contributed by atoms with van der Waals surface area (Å²) in [6.45, 7) is 14.7. The van der Waals surface area contributed by atoms with E-state index in [0.717, 1.165) is 11.4 Å². The van der Waals surface area contributed by atoms with Crippen LogP contribution in [0.4, 0.5) is 5.69 Å². The van der Waals surface area contributed by atoms with Gasteiger partial charge in [0.25, 0.3) is 0 Å². The second-order valence-corrected chi connectivity index (χ2v) is 7.31. The number of hydrogen-bond acceptors (Lipinski definition) is 3. The number of hydrogen-bond donors (Lipinski definition) is 0. The predicted molar refractivity (Wildman–Crippen MR) is 90.8 cm³/mol. The average molecular weight is 301 g/mol. The molecule has 0 spiro atoms. The first-order valence-electron chi connectivity index (χ1n) is 7.93. The largest absolute Gasteiger partial charge is 0.466 e. The molecule has 1 aliphatic heterocycles. The molecule has 22 heavy (non-hydrogen) atoms. The van der Waals surface area contributed by atoms with Crippen LogP contribution in [-0.2, 0) is 14.9 Å². The molecule has 0 radical (unpaired) electrons. The van der Waals surface area contributed by atoms with E-state index in [1.165, 1.54) is 5.56 Å². The molecule has 0 aromatic heterocycles. The summed E-state index contributed by atoms with van der Waals surface area (Å²) < 4.78 is 5.34. The van der Waals surface area contributed by atoms with Gasteiger partial charge < -0.3 is 4.74 Å². The van der Waals surface area contributed by atoms with Crippen molar-refractivity contribution < 1.29 is 9.53 Å². The molecule has 1 atom stereocenters. The second kappa shape index (κ2) is 5.22. The summed E-state index contributed by atoms with van der Waals surface area (Å²) >= 11 is 0. The normalized spacial score (nSPS) is 21.3. The van der Waals surface area contributed by atoms with Crippen LogP contribution in [0.5, 0.6) is 0 Å². The summed E-state index contributed by atoms with van der Waals surface area (Å²) in [6, 6.07) is 8.21. The lowest BCUT2D eigenvalue weighted by Crippen LogP contribution is -2.55. The SMILES string of the molecule is CCOC(=O)C(C)(C)C(C)(C)C1(C)C(C)=Nc2ccccc21. The first-order chi connectivity index (χ1) is 10.1. The smallest absolute Gasteiger partial charge is 0.312 e. The maximum Gasteiger partial charge on any atom is 0.312 e. The van der Waals surface area contributed by atoms with Crippen molar-refractivity contribution in [2.24, 2.45) is 15.8 Å². The summed E-state index contributed by atoms with van der Waals surface area (Å²) in [7, 11) is 0. The molecule has 0 amide bonds. The lowest BCUT2D eigenvalue weighted by molar-refractivity contribution is -0.162. The van der Waals surface area contributed by atoms with Crippen LogP contribution in [0, 0.1) is 10.8 Å². The molecule has 1 aromatic carbocycles. The van der Waals surface area contributed by atoms with E-state index in [1.807, 2.05) is 39.0 Å². The zero-order chi connectivity index (χ0) is 16.8. The van der Waals surface area contributed by atoms with Crippen LogP contribution in [-0.4, -0.2) is 18.3 Å². The molecule has 1 aromatic rings. The van der Waals surface area contributed by atoms with Gasteiger partial charge in [-0.15, -0.1) is 0 Å². The fraction of sp³-hybridized carbons (Fsp3) is 0.579. The van der Waals surface area contributed by atoms with E-state index in [4.69, 9.17) is 9.73 Å². The van der Waals surface area contributed by atoms with E-state index in [9.17, 15) is 4.79 Å². The van der Waals surface area contributed by atoms with E-state index in [-0.39, 0.29) is 16.8 Å². The zero-order valence-corrected chi connectivity index (χ0v) is 14.8. The van der Waals surface area contributed by atoms with E-state index in [0.29, 0.717) is 6.61 Å². The lowest BCUT2D eigenvalue weighted by Gasteiger charge is -2.51. The van der Waals surface area contributed by atoms with E-state index < -0.39 is 5.41 Å². The Morgan fingerprint density at radius 2 is 1.82 bits per heavy atom. The number of benzene rings is 1. The fourth-order valence-electron chi connectivity index (χ4n) is 3.46. The monoisotopic (exact) mass is 301 g/mol. The van der Waals surface area contributed by atoms with Crippen LogP contribution in [0.25, 0.3) is 0 Å². The highest BCUT2D eigenvalue weighted by Crippen LogP contribution is 2.58. The Balaban J connectivity index is 2.58. The number of fused-ring (bicyclic) bond motifs is 1. The number of aliphatic imine (C=N–C) groups is 1. The van der Waals surface area contributed by atoms with Gasteiger partial charge in [-0.05, 0) is 51.7 Å². The molecule has 0 saturated carbocycles. The molecule has 2 rings (SSSR count). The standard InChI is InChI=1S/C19H27NO2/c1-8-22-16(21)17(3,4)18(5,6)19(7)13(2)20-15-12-10-9-11-14(15)19/h9-12H,8H2,1-7H3. The molecule has 0 saturated heterocycles. The third-order valence-corrected chi connectivity index (χ3v) is 6.05. The Bertz CT molecular complexity index is 628. The highest BCUT2D eigenvalue weighted by Gasteiger charge is 2.58. The predicted octanol–water partition coefficient (Wildman–Crippen LogP) is 4.67. The molecular formula is C19H27NO2. The Kier molecular flexibility index (Phi) is 3.97. The average Bonchev–Trinajstić information content (AvgIpc) is 2.72. The molecule has 1 aliphatic rings. The quantitative estimate of drug-likeness (QED) is 0.758. The van der Waals surface area contributed by atoms with Gasteiger partial charge in [-0.3, -0.25) is 9.79 Å². The number of carbonyl (C=O) groups is 1. The highest BCUT2D eigenvalue weighted by atomic mass is 16.5. The van der Waals surface area contributed by atoms with Gasteiger partial charge in [-0.25, -0.2) is 0 Å². The van der Waals surface area contributed by atoms with Gasteiger partial charge >= 0.3 is 5.97 Å². The van der Waals surface area contributed by atoms with Crippen molar-refractivity contribution in [2.45, 2.75) is 53.9 Å².